The molecule has 0 radical (unpaired) electrons. The Kier molecular flexibility index (Phi) is 6.05. The number of carbonyl (C=O) groups excluding carboxylic acids is 1. The lowest BCUT2D eigenvalue weighted by atomic mass is 9.87. The van der Waals surface area contributed by atoms with Crippen molar-refractivity contribution in [2.24, 2.45) is 5.92 Å². The number of ether oxygens (including phenoxy) is 1. The third kappa shape index (κ3) is 5.54. The number of rotatable bonds is 5. The molecule has 0 saturated carbocycles. The minimum atomic E-state index is 0.00622. The first-order valence-electron chi connectivity index (χ1n) is 8.60. The average Bonchev–Trinajstić information content (AvgIpc) is 2.53. The summed E-state index contributed by atoms with van der Waals surface area (Å²) >= 11 is 0. The molecule has 0 spiro atoms. The van der Waals surface area contributed by atoms with Crippen molar-refractivity contribution in [3.05, 3.63) is 29.8 Å². The van der Waals surface area contributed by atoms with E-state index < -0.39 is 0 Å². The average molecular weight is 318 g/mol. The Morgan fingerprint density at radius 3 is 2.61 bits per heavy atom. The second-order valence-corrected chi connectivity index (χ2v) is 7.54. The normalized spacial score (nSPS) is 19.9. The molecule has 4 heteroatoms. The summed E-state index contributed by atoms with van der Waals surface area (Å²) in [4.78, 5) is 12.2. The molecular formula is C19H30N2O2. The Labute approximate surface area is 140 Å². The molecule has 0 aliphatic carbocycles. The summed E-state index contributed by atoms with van der Waals surface area (Å²) < 4.78 is 5.79. The second kappa shape index (κ2) is 7.82. The van der Waals surface area contributed by atoms with Crippen molar-refractivity contribution in [3.63, 3.8) is 0 Å². The summed E-state index contributed by atoms with van der Waals surface area (Å²) in [6.45, 7) is 10.9. The van der Waals surface area contributed by atoms with E-state index in [-0.39, 0.29) is 23.3 Å². The molecule has 2 unspecified atom stereocenters. The van der Waals surface area contributed by atoms with Gasteiger partial charge in [0.05, 0.1) is 12.0 Å². The van der Waals surface area contributed by atoms with E-state index in [1.54, 1.807) is 0 Å². The van der Waals surface area contributed by atoms with Crippen LogP contribution in [0.1, 0.15) is 46.1 Å². The van der Waals surface area contributed by atoms with Crippen LogP contribution in [0.5, 0.6) is 5.75 Å². The number of nitrogens with one attached hydrogen (secondary N) is 2. The van der Waals surface area contributed by atoms with Crippen LogP contribution in [-0.2, 0) is 10.2 Å². The molecule has 1 aromatic carbocycles. The van der Waals surface area contributed by atoms with Gasteiger partial charge in [0.2, 0.25) is 5.91 Å². The SMILES string of the molecule is CC(COc1ccc(C(C)(C)C)cc1)NC(=O)C1CCCNC1. The highest BCUT2D eigenvalue weighted by Gasteiger charge is 2.22. The lowest BCUT2D eigenvalue weighted by molar-refractivity contribution is -0.126. The molecule has 23 heavy (non-hydrogen) atoms. The number of benzene rings is 1. The Bertz CT molecular complexity index is 499. The molecule has 1 aromatic rings. The van der Waals surface area contributed by atoms with Gasteiger partial charge < -0.3 is 15.4 Å². The van der Waals surface area contributed by atoms with Gasteiger partial charge >= 0.3 is 0 Å². The molecule has 1 saturated heterocycles. The van der Waals surface area contributed by atoms with Gasteiger partial charge in [0.25, 0.3) is 0 Å². The zero-order chi connectivity index (χ0) is 16.9. The van der Waals surface area contributed by atoms with Crippen LogP contribution in [0.3, 0.4) is 0 Å². The van der Waals surface area contributed by atoms with E-state index in [2.05, 4.69) is 43.5 Å². The minimum absolute atomic E-state index is 0.00622. The fourth-order valence-electron chi connectivity index (χ4n) is 2.75. The van der Waals surface area contributed by atoms with Gasteiger partial charge in [-0.25, -0.2) is 0 Å². The summed E-state index contributed by atoms with van der Waals surface area (Å²) in [5.41, 5.74) is 1.43. The van der Waals surface area contributed by atoms with Gasteiger partial charge in [0.15, 0.2) is 0 Å². The van der Waals surface area contributed by atoms with Crippen LogP contribution in [-0.4, -0.2) is 31.6 Å². The van der Waals surface area contributed by atoms with Crippen LogP contribution in [0.2, 0.25) is 0 Å². The van der Waals surface area contributed by atoms with Crippen LogP contribution < -0.4 is 15.4 Å². The van der Waals surface area contributed by atoms with Gasteiger partial charge in [0.1, 0.15) is 12.4 Å². The number of hydrogen-bond donors (Lipinski definition) is 2. The molecule has 1 aliphatic rings. The summed E-state index contributed by atoms with van der Waals surface area (Å²) in [5.74, 6) is 1.08. The van der Waals surface area contributed by atoms with Gasteiger partial charge in [-0.3, -0.25) is 4.79 Å². The van der Waals surface area contributed by atoms with E-state index in [1.807, 2.05) is 19.1 Å². The van der Waals surface area contributed by atoms with Gasteiger partial charge in [-0.05, 0) is 49.4 Å². The summed E-state index contributed by atoms with van der Waals surface area (Å²) in [7, 11) is 0. The highest BCUT2D eigenvalue weighted by molar-refractivity contribution is 5.79. The fraction of sp³-hybridized carbons (Fsp3) is 0.632. The Balaban J connectivity index is 1.77. The van der Waals surface area contributed by atoms with Crippen LogP contribution in [0.25, 0.3) is 0 Å². The van der Waals surface area contributed by atoms with E-state index in [1.165, 1.54) is 5.56 Å². The smallest absolute Gasteiger partial charge is 0.224 e. The highest BCUT2D eigenvalue weighted by Crippen LogP contribution is 2.24. The molecule has 0 bridgehead atoms. The summed E-state index contributed by atoms with van der Waals surface area (Å²) in [6.07, 6.45) is 2.05. The molecule has 1 heterocycles. The molecule has 1 fully saturated rings. The van der Waals surface area contributed by atoms with E-state index in [0.29, 0.717) is 6.61 Å². The first-order chi connectivity index (χ1) is 10.9. The molecule has 128 valence electrons. The maximum absolute atomic E-state index is 12.2. The van der Waals surface area contributed by atoms with Crippen LogP contribution in [0.15, 0.2) is 24.3 Å². The lowest BCUT2D eigenvalue weighted by Gasteiger charge is -2.24. The molecule has 0 aromatic heterocycles. The van der Waals surface area contributed by atoms with Crippen molar-refractivity contribution in [2.45, 2.75) is 52.0 Å². The fourth-order valence-corrected chi connectivity index (χ4v) is 2.75. The van der Waals surface area contributed by atoms with Crippen molar-refractivity contribution in [3.8, 4) is 5.75 Å². The van der Waals surface area contributed by atoms with E-state index in [4.69, 9.17) is 4.74 Å². The van der Waals surface area contributed by atoms with E-state index >= 15 is 0 Å². The van der Waals surface area contributed by atoms with Gasteiger partial charge in [0, 0.05) is 6.54 Å². The summed E-state index contributed by atoms with van der Waals surface area (Å²) in [5, 5.41) is 6.32. The first kappa shape index (κ1) is 17.8. The second-order valence-electron chi connectivity index (χ2n) is 7.54. The molecular weight excluding hydrogens is 288 g/mol. The zero-order valence-electron chi connectivity index (χ0n) is 14.8. The molecule has 1 aliphatic heterocycles. The third-order valence-electron chi connectivity index (χ3n) is 4.28. The number of hydrogen-bond acceptors (Lipinski definition) is 3. The monoisotopic (exact) mass is 318 g/mol. The molecule has 4 nitrogen and oxygen atoms in total. The van der Waals surface area contributed by atoms with Gasteiger partial charge in [-0.2, -0.15) is 0 Å². The largest absolute Gasteiger partial charge is 0.491 e. The molecule has 2 atom stereocenters. The van der Waals surface area contributed by atoms with Crippen LogP contribution >= 0.6 is 0 Å². The lowest BCUT2D eigenvalue weighted by Crippen LogP contribution is -2.45. The Hall–Kier alpha value is -1.55. The topological polar surface area (TPSA) is 50.4 Å². The minimum Gasteiger partial charge on any atom is -0.491 e. The molecule has 2 rings (SSSR count). The number of carbonyl (C=O) groups is 1. The quantitative estimate of drug-likeness (QED) is 0.878. The van der Waals surface area contributed by atoms with Crippen molar-refractivity contribution in [1.29, 1.82) is 0 Å². The maximum Gasteiger partial charge on any atom is 0.224 e. The number of piperidine rings is 1. The van der Waals surface area contributed by atoms with Crippen molar-refractivity contribution < 1.29 is 9.53 Å². The van der Waals surface area contributed by atoms with Crippen molar-refractivity contribution in [2.75, 3.05) is 19.7 Å². The first-order valence-corrected chi connectivity index (χ1v) is 8.60. The van der Waals surface area contributed by atoms with Crippen LogP contribution in [0.4, 0.5) is 0 Å². The number of amides is 1. The predicted octanol–water partition coefficient (Wildman–Crippen LogP) is 2.87. The molecule has 2 N–H and O–H groups in total. The van der Waals surface area contributed by atoms with Gasteiger partial charge in [-0.15, -0.1) is 0 Å². The van der Waals surface area contributed by atoms with Crippen LogP contribution in [0, 0.1) is 5.92 Å². The van der Waals surface area contributed by atoms with Crippen molar-refractivity contribution in [1.82, 2.24) is 10.6 Å². The predicted molar refractivity (Wildman–Crippen MR) is 93.8 cm³/mol. The Morgan fingerprint density at radius 1 is 1.35 bits per heavy atom. The third-order valence-corrected chi connectivity index (χ3v) is 4.28. The highest BCUT2D eigenvalue weighted by atomic mass is 16.5. The maximum atomic E-state index is 12.2. The van der Waals surface area contributed by atoms with Gasteiger partial charge in [-0.1, -0.05) is 32.9 Å². The van der Waals surface area contributed by atoms with E-state index in [0.717, 1.165) is 31.7 Å². The molecule has 1 amide bonds. The zero-order valence-corrected chi connectivity index (χ0v) is 14.8. The summed E-state index contributed by atoms with van der Waals surface area (Å²) in [6, 6.07) is 8.21. The van der Waals surface area contributed by atoms with Crippen molar-refractivity contribution >= 4 is 5.91 Å². The standard InChI is InChI=1S/C19H30N2O2/c1-14(21-18(22)15-6-5-11-20-12-15)13-23-17-9-7-16(8-10-17)19(2,3)4/h7-10,14-15,20H,5-6,11-13H2,1-4H3,(H,21,22). The van der Waals surface area contributed by atoms with E-state index in [9.17, 15) is 4.79 Å². The Morgan fingerprint density at radius 2 is 2.04 bits per heavy atom.